The van der Waals surface area contributed by atoms with Crippen molar-refractivity contribution in [1.82, 2.24) is 9.97 Å². The molecule has 1 aromatic heterocycles. The lowest BCUT2D eigenvalue weighted by molar-refractivity contribution is 0.850. The van der Waals surface area contributed by atoms with Crippen LogP contribution < -0.4 is 10.9 Å². The highest BCUT2D eigenvalue weighted by Gasteiger charge is 2.11. The number of aromatic amines is 1. The second kappa shape index (κ2) is 5.64. The first kappa shape index (κ1) is 14.3. The van der Waals surface area contributed by atoms with E-state index in [1.807, 2.05) is 24.3 Å². The summed E-state index contributed by atoms with van der Waals surface area (Å²) in [4.78, 5) is 19.4. The van der Waals surface area contributed by atoms with Crippen LogP contribution in [0.15, 0.2) is 47.3 Å². The molecule has 3 aromatic rings. The van der Waals surface area contributed by atoms with Crippen LogP contribution in [0, 0.1) is 13.8 Å². The Balaban J connectivity index is 1.96. The Bertz CT molecular complexity index is 883. The predicted octanol–water partition coefficient (Wildman–Crippen LogP) is 3.71. The van der Waals surface area contributed by atoms with Crippen molar-refractivity contribution < 1.29 is 0 Å². The fourth-order valence-corrected chi connectivity index (χ4v) is 2.68. The molecule has 1 unspecified atom stereocenters. The molecule has 0 radical (unpaired) electrons. The van der Waals surface area contributed by atoms with Crippen LogP contribution in [0.5, 0.6) is 0 Å². The molecule has 0 aliphatic rings. The van der Waals surface area contributed by atoms with Crippen LogP contribution in [-0.2, 0) is 0 Å². The number of rotatable bonds is 3. The highest BCUT2D eigenvalue weighted by atomic mass is 16.1. The number of fused-ring (bicyclic) bond motifs is 1. The number of nitrogens with one attached hydrogen (secondary N) is 2. The average molecular weight is 293 g/mol. The van der Waals surface area contributed by atoms with Gasteiger partial charge in [0, 0.05) is 0 Å². The molecule has 1 atom stereocenters. The fraction of sp³-hybridized carbons (Fsp3) is 0.222. The highest BCUT2D eigenvalue weighted by Crippen LogP contribution is 2.22. The number of anilines is 1. The first-order valence-electron chi connectivity index (χ1n) is 7.38. The van der Waals surface area contributed by atoms with E-state index in [2.05, 4.69) is 48.2 Å². The molecule has 0 spiro atoms. The topological polar surface area (TPSA) is 57.8 Å². The van der Waals surface area contributed by atoms with E-state index < -0.39 is 0 Å². The Hall–Kier alpha value is -2.62. The van der Waals surface area contributed by atoms with Gasteiger partial charge in [-0.1, -0.05) is 30.3 Å². The zero-order valence-corrected chi connectivity index (χ0v) is 13.0. The summed E-state index contributed by atoms with van der Waals surface area (Å²) < 4.78 is 0. The Labute approximate surface area is 129 Å². The monoisotopic (exact) mass is 293 g/mol. The third-order valence-electron chi connectivity index (χ3n) is 4.08. The van der Waals surface area contributed by atoms with E-state index in [9.17, 15) is 4.79 Å². The molecule has 112 valence electrons. The minimum Gasteiger partial charge on any atom is -0.349 e. The van der Waals surface area contributed by atoms with Crippen molar-refractivity contribution in [2.24, 2.45) is 0 Å². The van der Waals surface area contributed by atoms with E-state index in [1.165, 1.54) is 16.7 Å². The molecule has 0 saturated carbocycles. The summed E-state index contributed by atoms with van der Waals surface area (Å²) in [7, 11) is 0. The molecule has 4 heteroatoms. The van der Waals surface area contributed by atoms with Crippen LogP contribution >= 0.6 is 0 Å². The van der Waals surface area contributed by atoms with Crippen molar-refractivity contribution in [2.75, 3.05) is 5.32 Å². The molecule has 0 aliphatic carbocycles. The largest absolute Gasteiger partial charge is 0.349 e. The lowest BCUT2D eigenvalue weighted by Gasteiger charge is -2.18. The summed E-state index contributed by atoms with van der Waals surface area (Å²) in [6.07, 6.45) is 0. The maximum atomic E-state index is 12.1. The Kier molecular flexibility index (Phi) is 3.67. The first-order chi connectivity index (χ1) is 10.6. The smallest absolute Gasteiger partial charge is 0.260 e. The van der Waals surface area contributed by atoms with Gasteiger partial charge in [-0.3, -0.25) is 9.78 Å². The van der Waals surface area contributed by atoms with Crippen LogP contribution in [0.25, 0.3) is 10.9 Å². The molecule has 2 aromatic carbocycles. The van der Waals surface area contributed by atoms with E-state index in [0.717, 1.165) is 0 Å². The van der Waals surface area contributed by atoms with Crippen LogP contribution in [0.3, 0.4) is 0 Å². The Morgan fingerprint density at radius 3 is 2.68 bits per heavy atom. The number of aryl methyl sites for hydroxylation is 1. The van der Waals surface area contributed by atoms with Gasteiger partial charge >= 0.3 is 0 Å². The lowest BCUT2D eigenvalue weighted by atomic mass is 9.98. The molecular formula is C18H19N3O. The predicted molar refractivity (Wildman–Crippen MR) is 90.3 cm³/mol. The van der Waals surface area contributed by atoms with E-state index in [4.69, 9.17) is 0 Å². The molecule has 4 nitrogen and oxygen atoms in total. The summed E-state index contributed by atoms with van der Waals surface area (Å²) in [6.45, 7) is 6.28. The van der Waals surface area contributed by atoms with E-state index in [-0.39, 0.29) is 11.6 Å². The summed E-state index contributed by atoms with van der Waals surface area (Å²) in [6, 6.07) is 13.6. The van der Waals surface area contributed by atoms with Gasteiger partial charge in [-0.05, 0) is 49.6 Å². The Morgan fingerprint density at radius 2 is 1.86 bits per heavy atom. The lowest BCUT2D eigenvalue weighted by Crippen LogP contribution is -2.16. The number of hydrogen-bond acceptors (Lipinski definition) is 3. The van der Waals surface area contributed by atoms with Crippen molar-refractivity contribution in [3.8, 4) is 0 Å². The van der Waals surface area contributed by atoms with Gasteiger partial charge in [-0.15, -0.1) is 0 Å². The van der Waals surface area contributed by atoms with Gasteiger partial charge in [-0.25, -0.2) is 4.98 Å². The Morgan fingerprint density at radius 1 is 1.09 bits per heavy atom. The van der Waals surface area contributed by atoms with E-state index >= 15 is 0 Å². The van der Waals surface area contributed by atoms with Crippen molar-refractivity contribution in [2.45, 2.75) is 26.8 Å². The maximum Gasteiger partial charge on any atom is 0.260 e. The van der Waals surface area contributed by atoms with Gasteiger partial charge in [0.15, 0.2) is 0 Å². The third kappa shape index (κ3) is 2.60. The highest BCUT2D eigenvalue weighted by molar-refractivity contribution is 5.78. The standard InChI is InChI=1S/C18H19N3O/c1-11-7-6-9-14(12(11)2)13(3)19-18-20-16-10-5-4-8-15(16)17(22)21-18/h4-10,13H,1-3H3,(H2,19,20,21,22). The van der Waals surface area contributed by atoms with Crippen molar-refractivity contribution in [3.63, 3.8) is 0 Å². The molecule has 0 bridgehead atoms. The molecular weight excluding hydrogens is 274 g/mol. The van der Waals surface area contributed by atoms with Crippen molar-refractivity contribution in [3.05, 3.63) is 69.5 Å². The summed E-state index contributed by atoms with van der Waals surface area (Å²) in [5, 5.41) is 3.90. The molecule has 0 aliphatic heterocycles. The summed E-state index contributed by atoms with van der Waals surface area (Å²) >= 11 is 0. The number of nitrogens with zero attached hydrogens (tertiary/aromatic N) is 1. The average Bonchev–Trinajstić information content (AvgIpc) is 2.50. The molecule has 0 fully saturated rings. The summed E-state index contributed by atoms with van der Waals surface area (Å²) in [5.74, 6) is 0.497. The number of H-pyrrole nitrogens is 1. The SMILES string of the molecule is Cc1cccc(C(C)Nc2nc3ccccc3c(=O)[nH]2)c1C. The zero-order chi connectivity index (χ0) is 15.7. The quantitative estimate of drug-likeness (QED) is 0.774. The molecule has 0 amide bonds. The van der Waals surface area contributed by atoms with E-state index in [1.54, 1.807) is 6.07 Å². The van der Waals surface area contributed by atoms with Gasteiger partial charge < -0.3 is 5.32 Å². The number of para-hydroxylation sites is 1. The van der Waals surface area contributed by atoms with Gasteiger partial charge in [0.05, 0.1) is 16.9 Å². The van der Waals surface area contributed by atoms with Crippen molar-refractivity contribution in [1.29, 1.82) is 0 Å². The second-order valence-electron chi connectivity index (χ2n) is 5.59. The first-order valence-corrected chi connectivity index (χ1v) is 7.38. The van der Waals surface area contributed by atoms with Gasteiger partial charge in [0.2, 0.25) is 5.95 Å². The van der Waals surface area contributed by atoms with Gasteiger partial charge in [0.25, 0.3) is 5.56 Å². The minimum atomic E-state index is -0.124. The minimum absolute atomic E-state index is 0.0595. The zero-order valence-electron chi connectivity index (χ0n) is 13.0. The normalized spacial score (nSPS) is 12.3. The third-order valence-corrected chi connectivity index (χ3v) is 4.08. The molecule has 1 heterocycles. The maximum absolute atomic E-state index is 12.1. The van der Waals surface area contributed by atoms with Crippen LogP contribution in [-0.4, -0.2) is 9.97 Å². The second-order valence-corrected chi connectivity index (χ2v) is 5.59. The van der Waals surface area contributed by atoms with Gasteiger partial charge in [-0.2, -0.15) is 0 Å². The number of aromatic nitrogens is 2. The van der Waals surface area contributed by atoms with Crippen LogP contribution in [0.4, 0.5) is 5.95 Å². The molecule has 2 N–H and O–H groups in total. The van der Waals surface area contributed by atoms with Crippen LogP contribution in [0.1, 0.15) is 29.7 Å². The van der Waals surface area contributed by atoms with Crippen LogP contribution in [0.2, 0.25) is 0 Å². The summed E-state index contributed by atoms with van der Waals surface area (Å²) in [5.41, 5.74) is 4.29. The van der Waals surface area contributed by atoms with Crippen molar-refractivity contribution >= 4 is 16.9 Å². The molecule has 0 saturated heterocycles. The van der Waals surface area contributed by atoms with E-state index in [0.29, 0.717) is 16.9 Å². The fourth-order valence-electron chi connectivity index (χ4n) is 2.68. The number of hydrogen-bond donors (Lipinski definition) is 2. The number of benzene rings is 2. The van der Waals surface area contributed by atoms with Gasteiger partial charge in [0.1, 0.15) is 0 Å². The molecule has 3 rings (SSSR count). The molecule has 22 heavy (non-hydrogen) atoms.